The summed E-state index contributed by atoms with van der Waals surface area (Å²) in [7, 11) is 4.12. The maximum absolute atomic E-state index is 12.7. The molecule has 0 aliphatic carbocycles. The van der Waals surface area contributed by atoms with Gasteiger partial charge in [0.05, 0.1) is 0 Å². The molecular formula is C23H31N5O2. The maximum atomic E-state index is 12.7. The summed E-state index contributed by atoms with van der Waals surface area (Å²) in [6.07, 6.45) is 3.22. The summed E-state index contributed by atoms with van der Waals surface area (Å²) < 4.78 is 6.07. The summed E-state index contributed by atoms with van der Waals surface area (Å²) in [6, 6.07) is 7.92. The molecule has 4 rings (SSSR count). The maximum Gasteiger partial charge on any atom is 0.223 e. The first-order valence-electron chi connectivity index (χ1n) is 10.6. The van der Waals surface area contributed by atoms with Crippen LogP contribution >= 0.6 is 0 Å². The summed E-state index contributed by atoms with van der Waals surface area (Å²) in [5, 5.41) is 4.18. The first-order valence-corrected chi connectivity index (χ1v) is 10.6. The molecule has 1 aromatic carbocycles. The highest BCUT2D eigenvalue weighted by molar-refractivity contribution is 6.05. The van der Waals surface area contributed by atoms with Crippen molar-refractivity contribution in [1.29, 1.82) is 0 Å². The third-order valence-electron chi connectivity index (χ3n) is 5.79. The number of carbonyl (C=O) groups excluding carboxylic acids is 1. The zero-order valence-corrected chi connectivity index (χ0v) is 18.3. The average molecular weight is 410 g/mol. The summed E-state index contributed by atoms with van der Waals surface area (Å²) in [5.41, 5.74) is 2.45. The predicted molar refractivity (Wildman–Crippen MR) is 120 cm³/mol. The second-order valence-corrected chi connectivity index (χ2v) is 9.35. The normalized spacial score (nSPS) is 16.0. The minimum absolute atomic E-state index is 0.0457. The van der Waals surface area contributed by atoms with Crippen molar-refractivity contribution < 1.29 is 9.21 Å². The van der Waals surface area contributed by atoms with E-state index in [1.165, 1.54) is 0 Å². The minimum Gasteiger partial charge on any atom is -0.450 e. The average Bonchev–Trinajstić information content (AvgIpc) is 3.10. The van der Waals surface area contributed by atoms with E-state index < -0.39 is 0 Å². The first-order chi connectivity index (χ1) is 14.3. The van der Waals surface area contributed by atoms with Gasteiger partial charge in [-0.05, 0) is 44.5 Å². The van der Waals surface area contributed by atoms with Gasteiger partial charge in [0.25, 0.3) is 0 Å². The molecule has 0 atom stereocenters. The molecule has 0 radical (unpaired) electrons. The molecule has 0 spiro atoms. The van der Waals surface area contributed by atoms with Gasteiger partial charge in [-0.15, -0.1) is 0 Å². The van der Waals surface area contributed by atoms with Gasteiger partial charge >= 0.3 is 0 Å². The smallest absolute Gasteiger partial charge is 0.223 e. The Bertz CT molecular complexity index is 1030. The lowest BCUT2D eigenvalue weighted by atomic mass is 9.91. The molecule has 1 saturated heterocycles. The van der Waals surface area contributed by atoms with E-state index in [0.29, 0.717) is 6.54 Å². The number of para-hydroxylation sites is 1. The molecule has 1 N–H and O–H groups in total. The van der Waals surface area contributed by atoms with E-state index in [-0.39, 0.29) is 17.2 Å². The zero-order chi connectivity index (χ0) is 21.3. The number of rotatable bonds is 6. The van der Waals surface area contributed by atoms with Crippen molar-refractivity contribution >= 4 is 33.8 Å². The van der Waals surface area contributed by atoms with Crippen LogP contribution in [0.3, 0.4) is 0 Å². The van der Waals surface area contributed by atoms with E-state index in [1.54, 1.807) is 6.33 Å². The molecule has 1 amide bonds. The van der Waals surface area contributed by atoms with Crippen molar-refractivity contribution in [2.24, 2.45) is 11.3 Å². The van der Waals surface area contributed by atoms with Gasteiger partial charge in [0.2, 0.25) is 5.91 Å². The van der Waals surface area contributed by atoms with Crippen LogP contribution in [0, 0.1) is 11.3 Å². The van der Waals surface area contributed by atoms with Crippen LogP contribution in [-0.2, 0) is 4.79 Å². The second kappa shape index (κ2) is 8.22. The quantitative estimate of drug-likeness (QED) is 0.673. The lowest BCUT2D eigenvalue weighted by Crippen LogP contribution is -2.45. The molecule has 7 heteroatoms. The minimum atomic E-state index is 0.0457. The second-order valence-electron chi connectivity index (χ2n) is 9.35. The van der Waals surface area contributed by atoms with E-state index in [1.807, 2.05) is 24.3 Å². The Hall–Kier alpha value is -2.67. The van der Waals surface area contributed by atoms with Gasteiger partial charge in [-0.1, -0.05) is 26.0 Å². The molecular weight excluding hydrogens is 378 g/mol. The number of hydrogen-bond donors (Lipinski definition) is 1. The molecule has 3 aromatic rings. The summed E-state index contributed by atoms with van der Waals surface area (Å²) >= 11 is 0. The van der Waals surface area contributed by atoms with Crippen LogP contribution in [0.15, 0.2) is 35.0 Å². The number of aromatic nitrogens is 2. The summed E-state index contributed by atoms with van der Waals surface area (Å²) in [4.78, 5) is 26.0. The Morgan fingerprint density at radius 1 is 1.23 bits per heavy atom. The summed E-state index contributed by atoms with van der Waals surface area (Å²) in [6.45, 7) is 7.56. The van der Waals surface area contributed by atoms with Crippen molar-refractivity contribution in [2.75, 3.05) is 45.2 Å². The number of amides is 1. The molecule has 0 saturated carbocycles. The monoisotopic (exact) mass is 409 g/mol. The molecule has 7 nitrogen and oxygen atoms in total. The highest BCUT2D eigenvalue weighted by atomic mass is 16.3. The van der Waals surface area contributed by atoms with E-state index in [0.717, 1.165) is 60.4 Å². The van der Waals surface area contributed by atoms with Crippen LogP contribution in [-0.4, -0.2) is 61.0 Å². The Labute approximate surface area is 177 Å². The lowest BCUT2D eigenvalue weighted by Gasteiger charge is -2.33. The largest absolute Gasteiger partial charge is 0.450 e. The highest BCUT2D eigenvalue weighted by Gasteiger charge is 2.29. The van der Waals surface area contributed by atoms with Crippen molar-refractivity contribution in [3.63, 3.8) is 0 Å². The van der Waals surface area contributed by atoms with E-state index >= 15 is 0 Å². The topological polar surface area (TPSA) is 74.5 Å². The van der Waals surface area contributed by atoms with E-state index in [9.17, 15) is 4.79 Å². The number of nitrogens with zero attached hydrogens (tertiary/aromatic N) is 4. The number of benzene rings is 1. The third kappa shape index (κ3) is 4.26. The fourth-order valence-electron chi connectivity index (χ4n) is 4.47. The SMILES string of the molecule is CN(C)CC(C)(C)CNC(=O)C1CCN(c2ncnc3c2oc2ccccc23)CC1. The van der Waals surface area contributed by atoms with Crippen molar-refractivity contribution in [3.8, 4) is 0 Å². The van der Waals surface area contributed by atoms with Crippen LogP contribution < -0.4 is 10.2 Å². The van der Waals surface area contributed by atoms with Crippen LogP contribution in [0.25, 0.3) is 22.1 Å². The number of carbonyl (C=O) groups is 1. The Morgan fingerprint density at radius 2 is 1.97 bits per heavy atom. The van der Waals surface area contributed by atoms with Gasteiger partial charge in [0.1, 0.15) is 17.4 Å². The lowest BCUT2D eigenvalue weighted by molar-refractivity contribution is -0.126. The standard InChI is InChI=1S/C23H31N5O2/c1-23(2,14-27(3)4)13-24-22(29)16-9-11-28(12-10-16)21-20-19(25-15-26-21)17-7-5-6-8-18(17)30-20/h5-8,15-16H,9-14H2,1-4H3,(H,24,29). The zero-order valence-electron chi connectivity index (χ0n) is 18.3. The fraction of sp³-hybridized carbons (Fsp3) is 0.522. The predicted octanol–water partition coefficient (Wildman–Crippen LogP) is 3.30. The van der Waals surface area contributed by atoms with Gasteiger partial charge < -0.3 is 19.5 Å². The van der Waals surface area contributed by atoms with E-state index in [2.05, 4.69) is 53.0 Å². The Balaban J connectivity index is 1.41. The number of anilines is 1. The first kappa shape index (κ1) is 20.6. The number of fused-ring (bicyclic) bond motifs is 3. The van der Waals surface area contributed by atoms with Gasteiger partial charge in [0, 0.05) is 37.5 Å². The molecule has 1 fully saturated rings. The molecule has 1 aliphatic heterocycles. The molecule has 30 heavy (non-hydrogen) atoms. The van der Waals surface area contributed by atoms with Gasteiger partial charge in [-0.3, -0.25) is 4.79 Å². The Morgan fingerprint density at radius 3 is 2.70 bits per heavy atom. The molecule has 1 aliphatic rings. The number of hydrogen-bond acceptors (Lipinski definition) is 6. The van der Waals surface area contributed by atoms with E-state index in [4.69, 9.17) is 4.42 Å². The van der Waals surface area contributed by atoms with Crippen LogP contribution in [0.4, 0.5) is 5.82 Å². The van der Waals surface area contributed by atoms with Crippen molar-refractivity contribution in [1.82, 2.24) is 20.2 Å². The summed E-state index contributed by atoms with van der Waals surface area (Å²) in [5.74, 6) is 1.03. The molecule has 160 valence electrons. The number of nitrogens with one attached hydrogen (secondary N) is 1. The molecule has 2 aromatic heterocycles. The van der Waals surface area contributed by atoms with Gasteiger partial charge in [-0.25, -0.2) is 9.97 Å². The molecule has 0 unspecified atom stereocenters. The molecule has 0 bridgehead atoms. The van der Waals surface area contributed by atoms with Crippen LogP contribution in [0.1, 0.15) is 26.7 Å². The number of furan rings is 1. The van der Waals surface area contributed by atoms with Crippen molar-refractivity contribution in [2.45, 2.75) is 26.7 Å². The third-order valence-corrected chi connectivity index (χ3v) is 5.79. The fourth-order valence-corrected chi connectivity index (χ4v) is 4.47. The number of piperidine rings is 1. The molecule has 3 heterocycles. The van der Waals surface area contributed by atoms with Crippen LogP contribution in [0.5, 0.6) is 0 Å². The van der Waals surface area contributed by atoms with Crippen molar-refractivity contribution in [3.05, 3.63) is 30.6 Å². The van der Waals surface area contributed by atoms with Gasteiger partial charge in [0.15, 0.2) is 11.4 Å². The van der Waals surface area contributed by atoms with Gasteiger partial charge in [-0.2, -0.15) is 0 Å². The highest BCUT2D eigenvalue weighted by Crippen LogP contribution is 2.33. The van der Waals surface area contributed by atoms with Crippen LogP contribution in [0.2, 0.25) is 0 Å². The Kier molecular flexibility index (Phi) is 5.64.